The van der Waals surface area contributed by atoms with E-state index in [1.807, 2.05) is 78.9 Å². The van der Waals surface area contributed by atoms with Gasteiger partial charge in [0.05, 0.1) is 0 Å². The molecule has 2 heterocycles. The summed E-state index contributed by atoms with van der Waals surface area (Å²) >= 11 is 0. The maximum Gasteiger partial charge on any atom is 0.227 e. The summed E-state index contributed by atoms with van der Waals surface area (Å²) in [4.78, 5) is 19.9. The van der Waals surface area contributed by atoms with Crippen molar-refractivity contribution in [1.29, 1.82) is 0 Å². The number of rotatable bonds is 5. The highest BCUT2D eigenvalue weighted by molar-refractivity contribution is 6.10. The molecule has 0 atom stereocenters. The van der Waals surface area contributed by atoms with Crippen molar-refractivity contribution in [2.24, 2.45) is 0 Å². The summed E-state index contributed by atoms with van der Waals surface area (Å²) in [7, 11) is 0. The quantitative estimate of drug-likeness (QED) is 0.196. The number of hydrogen-bond donors (Lipinski definition) is 0. The first-order valence-electron chi connectivity index (χ1n) is 15.6. The molecule has 2 aromatic heterocycles. The fourth-order valence-corrected chi connectivity index (χ4v) is 6.17. The molecule has 7 aromatic carbocycles. The Bertz CT molecular complexity index is 2560. The van der Waals surface area contributed by atoms with Gasteiger partial charge in [0.2, 0.25) is 5.89 Å². The van der Waals surface area contributed by atoms with Crippen LogP contribution in [0.4, 0.5) is 0 Å². The van der Waals surface area contributed by atoms with Crippen LogP contribution in [0.3, 0.4) is 0 Å². The van der Waals surface area contributed by atoms with Crippen molar-refractivity contribution in [3.63, 3.8) is 0 Å². The van der Waals surface area contributed by atoms with Crippen LogP contribution in [0.2, 0.25) is 0 Å². The van der Waals surface area contributed by atoms with Crippen LogP contribution in [0, 0.1) is 0 Å². The number of fused-ring (bicyclic) bond motifs is 4. The van der Waals surface area contributed by atoms with Crippen molar-refractivity contribution in [3.8, 4) is 56.7 Å². The molecule has 0 spiro atoms. The van der Waals surface area contributed by atoms with Crippen LogP contribution in [0.1, 0.15) is 0 Å². The van der Waals surface area contributed by atoms with E-state index < -0.39 is 0 Å². The number of benzene rings is 7. The normalized spacial score (nSPS) is 11.4. The molecule has 0 saturated heterocycles. The second-order valence-corrected chi connectivity index (χ2v) is 11.5. The van der Waals surface area contributed by atoms with Gasteiger partial charge < -0.3 is 4.42 Å². The molecule has 0 aliphatic heterocycles. The second kappa shape index (κ2) is 11.2. The molecular formula is C42H26N4O. The molecule has 220 valence electrons. The lowest BCUT2D eigenvalue weighted by Crippen LogP contribution is -2.00. The maximum atomic E-state index is 6.46. The van der Waals surface area contributed by atoms with Crippen molar-refractivity contribution < 1.29 is 4.42 Å². The van der Waals surface area contributed by atoms with Crippen molar-refractivity contribution in [2.75, 3.05) is 0 Å². The summed E-state index contributed by atoms with van der Waals surface area (Å²) in [6.07, 6.45) is 0. The minimum Gasteiger partial charge on any atom is -0.435 e. The van der Waals surface area contributed by atoms with Crippen LogP contribution in [0.5, 0.6) is 0 Å². The van der Waals surface area contributed by atoms with Gasteiger partial charge in [0, 0.05) is 27.6 Å². The van der Waals surface area contributed by atoms with Crippen LogP contribution >= 0.6 is 0 Å². The predicted molar refractivity (Wildman–Crippen MR) is 190 cm³/mol. The average Bonchev–Trinajstić information content (AvgIpc) is 3.60. The minimum atomic E-state index is 0.572. The Labute approximate surface area is 270 Å². The summed E-state index contributed by atoms with van der Waals surface area (Å²) in [6, 6.07) is 53.6. The van der Waals surface area contributed by atoms with E-state index in [2.05, 4.69) is 78.9 Å². The first-order chi connectivity index (χ1) is 23.3. The predicted octanol–water partition coefficient (Wildman–Crippen LogP) is 10.7. The van der Waals surface area contributed by atoms with E-state index in [1.165, 1.54) is 16.3 Å². The zero-order valence-electron chi connectivity index (χ0n) is 25.2. The summed E-state index contributed by atoms with van der Waals surface area (Å²) in [6.45, 7) is 0. The summed E-state index contributed by atoms with van der Waals surface area (Å²) in [5.41, 5.74) is 7.40. The number of nitrogens with zero attached hydrogens (tertiary/aromatic N) is 4. The van der Waals surface area contributed by atoms with Crippen LogP contribution in [-0.2, 0) is 0 Å². The third-order valence-electron chi connectivity index (χ3n) is 8.55. The monoisotopic (exact) mass is 602 g/mol. The Balaban J connectivity index is 1.20. The molecule has 5 nitrogen and oxygen atoms in total. The van der Waals surface area contributed by atoms with E-state index in [9.17, 15) is 0 Å². The standard InChI is InChI=1S/C42H26N4O/c1-3-11-30(12-4-1)39-44-40(31-21-18-28(19-22-31)34-23-20-27-10-7-8-15-33(27)26-34)46-41(45-39)35-17-9-16-29-24-25-36-38(37(29)35)47-42(43-36)32-13-5-2-6-14-32/h1-26H. The molecule has 0 aliphatic carbocycles. The molecule has 5 heteroatoms. The van der Waals surface area contributed by atoms with Gasteiger partial charge in [0.25, 0.3) is 0 Å². The lowest BCUT2D eigenvalue weighted by atomic mass is 10.00. The lowest BCUT2D eigenvalue weighted by Gasteiger charge is -2.11. The summed E-state index contributed by atoms with van der Waals surface area (Å²) < 4.78 is 6.46. The lowest BCUT2D eigenvalue weighted by molar-refractivity contribution is 0.623. The third kappa shape index (κ3) is 4.91. The Morgan fingerprint density at radius 2 is 0.936 bits per heavy atom. The Hall–Kier alpha value is -6.46. The van der Waals surface area contributed by atoms with E-state index >= 15 is 0 Å². The van der Waals surface area contributed by atoms with Crippen molar-refractivity contribution in [1.82, 2.24) is 19.9 Å². The smallest absolute Gasteiger partial charge is 0.227 e. The van der Waals surface area contributed by atoms with Crippen LogP contribution in [0.15, 0.2) is 162 Å². The Morgan fingerprint density at radius 3 is 1.70 bits per heavy atom. The number of oxazole rings is 1. The van der Waals surface area contributed by atoms with Gasteiger partial charge in [-0.05, 0) is 51.6 Å². The third-order valence-corrected chi connectivity index (χ3v) is 8.55. The number of aromatic nitrogens is 4. The highest BCUT2D eigenvalue weighted by Crippen LogP contribution is 2.37. The zero-order chi connectivity index (χ0) is 31.2. The van der Waals surface area contributed by atoms with E-state index in [-0.39, 0.29) is 0 Å². The fourth-order valence-electron chi connectivity index (χ4n) is 6.17. The highest BCUT2D eigenvalue weighted by Gasteiger charge is 2.18. The summed E-state index contributed by atoms with van der Waals surface area (Å²) in [5, 5.41) is 4.39. The molecular weight excluding hydrogens is 576 g/mol. The van der Waals surface area contributed by atoms with Gasteiger partial charge in [-0.25, -0.2) is 19.9 Å². The van der Waals surface area contributed by atoms with E-state index in [0.717, 1.165) is 44.1 Å². The van der Waals surface area contributed by atoms with Crippen molar-refractivity contribution in [2.45, 2.75) is 0 Å². The van der Waals surface area contributed by atoms with Gasteiger partial charge >= 0.3 is 0 Å². The molecule has 0 saturated carbocycles. The van der Waals surface area contributed by atoms with E-state index in [0.29, 0.717) is 28.9 Å². The van der Waals surface area contributed by atoms with E-state index in [1.54, 1.807) is 0 Å². The molecule has 0 amide bonds. The van der Waals surface area contributed by atoms with Crippen LogP contribution in [-0.4, -0.2) is 19.9 Å². The molecule has 0 radical (unpaired) electrons. The van der Waals surface area contributed by atoms with E-state index in [4.69, 9.17) is 24.4 Å². The van der Waals surface area contributed by atoms with Gasteiger partial charge in [-0.15, -0.1) is 0 Å². The zero-order valence-corrected chi connectivity index (χ0v) is 25.2. The average molecular weight is 603 g/mol. The molecule has 0 N–H and O–H groups in total. The molecule has 9 aromatic rings. The van der Waals surface area contributed by atoms with Crippen LogP contribution < -0.4 is 0 Å². The van der Waals surface area contributed by atoms with Gasteiger partial charge in [0.1, 0.15) is 5.52 Å². The van der Waals surface area contributed by atoms with Gasteiger partial charge in [0.15, 0.2) is 23.1 Å². The van der Waals surface area contributed by atoms with Crippen molar-refractivity contribution >= 4 is 32.6 Å². The fraction of sp³-hybridized carbons (Fsp3) is 0. The molecule has 0 aliphatic rings. The van der Waals surface area contributed by atoms with Gasteiger partial charge in [-0.2, -0.15) is 0 Å². The molecule has 9 rings (SSSR count). The van der Waals surface area contributed by atoms with Gasteiger partial charge in [-0.3, -0.25) is 0 Å². The maximum absolute atomic E-state index is 6.46. The summed E-state index contributed by atoms with van der Waals surface area (Å²) in [5.74, 6) is 2.36. The molecule has 0 fully saturated rings. The first-order valence-corrected chi connectivity index (χ1v) is 15.6. The molecule has 0 unspecified atom stereocenters. The van der Waals surface area contributed by atoms with Crippen molar-refractivity contribution in [3.05, 3.63) is 158 Å². The van der Waals surface area contributed by atoms with Gasteiger partial charge in [-0.1, -0.05) is 133 Å². The highest BCUT2D eigenvalue weighted by atomic mass is 16.3. The Kier molecular flexibility index (Phi) is 6.39. The first kappa shape index (κ1) is 26.9. The Morgan fingerprint density at radius 1 is 0.362 bits per heavy atom. The number of hydrogen-bond acceptors (Lipinski definition) is 5. The largest absolute Gasteiger partial charge is 0.435 e. The SMILES string of the molecule is c1ccc(-c2nc(-c3ccc(-c4ccc5ccccc5c4)cc3)nc(-c3cccc4ccc5nc(-c6ccccc6)oc5c34)n2)cc1. The minimum absolute atomic E-state index is 0.572. The van der Waals surface area contributed by atoms with Crippen LogP contribution in [0.25, 0.3) is 89.4 Å². The molecule has 0 bridgehead atoms. The topological polar surface area (TPSA) is 64.7 Å². The second-order valence-electron chi connectivity index (χ2n) is 11.5. The molecule has 47 heavy (non-hydrogen) atoms.